The van der Waals surface area contributed by atoms with Crippen molar-refractivity contribution >= 4 is 5.52 Å². The molecule has 3 rings (SSSR count). The van der Waals surface area contributed by atoms with Crippen LogP contribution < -0.4 is 5.73 Å². The van der Waals surface area contributed by atoms with Gasteiger partial charge in [0.25, 0.3) is 0 Å². The second kappa shape index (κ2) is 3.71. The third-order valence-electron chi connectivity index (χ3n) is 2.84. The van der Waals surface area contributed by atoms with Crippen molar-refractivity contribution in [3.05, 3.63) is 54.1 Å². The van der Waals surface area contributed by atoms with E-state index in [1.54, 1.807) is 10.9 Å². The molecule has 86 valence electrons. The van der Waals surface area contributed by atoms with Crippen LogP contribution in [-0.4, -0.2) is 19.4 Å². The van der Waals surface area contributed by atoms with Crippen LogP contribution >= 0.6 is 0 Å². The van der Waals surface area contributed by atoms with Crippen LogP contribution in [0.15, 0.2) is 42.9 Å². The van der Waals surface area contributed by atoms with Crippen molar-refractivity contribution in [1.82, 2.24) is 19.4 Å². The Balaban J connectivity index is 2.09. The van der Waals surface area contributed by atoms with Crippen LogP contribution in [-0.2, 0) is 7.05 Å². The van der Waals surface area contributed by atoms with Crippen molar-refractivity contribution in [2.45, 2.75) is 6.04 Å². The summed E-state index contributed by atoms with van der Waals surface area (Å²) < 4.78 is 3.57. The number of hydrogen-bond donors (Lipinski definition) is 1. The molecule has 2 N–H and O–H groups in total. The van der Waals surface area contributed by atoms with Crippen LogP contribution in [0, 0.1) is 0 Å². The molecule has 0 aliphatic heterocycles. The highest BCUT2D eigenvalue weighted by Crippen LogP contribution is 2.21. The average molecular weight is 227 g/mol. The van der Waals surface area contributed by atoms with Crippen molar-refractivity contribution in [3.63, 3.8) is 0 Å². The Hall–Kier alpha value is -2.14. The molecule has 0 saturated heterocycles. The van der Waals surface area contributed by atoms with Gasteiger partial charge in [-0.1, -0.05) is 6.07 Å². The van der Waals surface area contributed by atoms with Crippen LogP contribution in [0.25, 0.3) is 5.52 Å². The Morgan fingerprint density at radius 3 is 2.88 bits per heavy atom. The standard InChI is InChI=1S/C12H13N5/c1-16-7-5-10(15-16)12(13)9-8-14-17-6-3-2-4-11(9)17/h2-8,12H,13H2,1H3. The lowest BCUT2D eigenvalue weighted by Crippen LogP contribution is -2.12. The molecule has 3 aromatic heterocycles. The van der Waals surface area contributed by atoms with Crippen LogP contribution in [0.5, 0.6) is 0 Å². The maximum atomic E-state index is 6.21. The molecule has 0 fully saturated rings. The zero-order valence-corrected chi connectivity index (χ0v) is 9.49. The molecule has 0 aliphatic rings. The Labute approximate surface area is 98.5 Å². The molecule has 1 unspecified atom stereocenters. The van der Waals surface area contributed by atoms with Crippen LogP contribution in [0.1, 0.15) is 17.3 Å². The summed E-state index contributed by atoms with van der Waals surface area (Å²) in [5.41, 5.74) is 9.07. The van der Waals surface area contributed by atoms with Gasteiger partial charge in [0.2, 0.25) is 0 Å². The van der Waals surface area contributed by atoms with E-state index in [0.717, 1.165) is 16.8 Å². The highest BCUT2D eigenvalue weighted by molar-refractivity contribution is 5.56. The quantitative estimate of drug-likeness (QED) is 0.713. The van der Waals surface area contributed by atoms with Gasteiger partial charge in [0.15, 0.2) is 0 Å². The third kappa shape index (κ3) is 1.60. The van der Waals surface area contributed by atoms with Crippen molar-refractivity contribution < 1.29 is 0 Å². The number of aryl methyl sites for hydroxylation is 1. The van der Waals surface area contributed by atoms with E-state index < -0.39 is 0 Å². The lowest BCUT2D eigenvalue weighted by Gasteiger charge is -2.06. The van der Waals surface area contributed by atoms with Gasteiger partial charge in [0, 0.05) is 25.0 Å². The monoisotopic (exact) mass is 227 g/mol. The minimum atomic E-state index is -0.240. The van der Waals surface area contributed by atoms with Crippen LogP contribution in [0.4, 0.5) is 0 Å². The Kier molecular flexibility index (Phi) is 2.19. The number of pyridine rings is 1. The van der Waals surface area contributed by atoms with E-state index in [2.05, 4.69) is 10.2 Å². The van der Waals surface area contributed by atoms with Gasteiger partial charge in [0.05, 0.1) is 23.4 Å². The summed E-state index contributed by atoms with van der Waals surface area (Å²) in [7, 11) is 1.88. The summed E-state index contributed by atoms with van der Waals surface area (Å²) in [6.45, 7) is 0. The average Bonchev–Trinajstić information content (AvgIpc) is 2.94. The molecule has 3 aromatic rings. The maximum Gasteiger partial charge on any atom is 0.0838 e. The molecule has 0 aromatic carbocycles. The number of hydrogen-bond acceptors (Lipinski definition) is 3. The predicted octanol–water partition coefficient (Wildman–Crippen LogP) is 1.12. The molecule has 5 heteroatoms. The first-order chi connectivity index (χ1) is 8.25. The molecule has 0 spiro atoms. The number of aromatic nitrogens is 4. The number of rotatable bonds is 2. The van der Waals surface area contributed by atoms with E-state index >= 15 is 0 Å². The van der Waals surface area contributed by atoms with Gasteiger partial charge in [-0.05, 0) is 18.2 Å². The summed E-state index contributed by atoms with van der Waals surface area (Å²) in [6, 6.07) is 7.61. The summed E-state index contributed by atoms with van der Waals surface area (Å²) >= 11 is 0. The summed E-state index contributed by atoms with van der Waals surface area (Å²) in [6.07, 6.45) is 5.60. The molecule has 0 aliphatic carbocycles. The first kappa shape index (κ1) is 10.0. The molecule has 5 nitrogen and oxygen atoms in total. The van der Waals surface area contributed by atoms with Gasteiger partial charge in [0.1, 0.15) is 0 Å². The second-order valence-corrected chi connectivity index (χ2v) is 4.02. The van der Waals surface area contributed by atoms with E-state index in [1.165, 1.54) is 0 Å². The van der Waals surface area contributed by atoms with Crippen molar-refractivity contribution in [3.8, 4) is 0 Å². The third-order valence-corrected chi connectivity index (χ3v) is 2.84. The van der Waals surface area contributed by atoms with Crippen LogP contribution in [0.3, 0.4) is 0 Å². The van der Waals surface area contributed by atoms with E-state index in [4.69, 9.17) is 5.73 Å². The van der Waals surface area contributed by atoms with E-state index in [-0.39, 0.29) is 6.04 Å². The number of nitrogens with two attached hydrogens (primary N) is 1. The molecule has 1 atom stereocenters. The molecule has 3 heterocycles. The van der Waals surface area contributed by atoms with E-state index in [9.17, 15) is 0 Å². The highest BCUT2D eigenvalue weighted by Gasteiger charge is 2.15. The van der Waals surface area contributed by atoms with E-state index in [0.29, 0.717) is 0 Å². The first-order valence-electron chi connectivity index (χ1n) is 5.43. The van der Waals surface area contributed by atoms with Gasteiger partial charge in [-0.15, -0.1) is 0 Å². The highest BCUT2D eigenvalue weighted by atomic mass is 15.3. The normalized spacial score (nSPS) is 13.1. The molecular formula is C12H13N5. The molecule has 0 bridgehead atoms. The molecule has 0 amide bonds. The summed E-state index contributed by atoms with van der Waals surface area (Å²) in [5, 5.41) is 8.60. The molecule has 0 radical (unpaired) electrons. The van der Waals surface area contributed by atoms with Crippen molar-refractivity contribution in [1.29, 1.82) is 0 Å². The van der Waals surface area contributed by atoms with Gasteiger partial charge in [-0.3, -0.25) is 4.68 Å². The fourth-order valence-electron chi connectivity index (χ4n) is 1.95. The summed E-state index contributed by atoms with van der Waals surface area (Å²) in [5.74, 6) is 0. The van der Waals surface area contributed by atoms with Crippen molar-refractivity contribution in [2.24, 2.45) is 12.8 Å². The Morgan fingerprint density at radius 1 is 1.24 bits per heavy atom. The Bertz CT molecular complexity index is 652. The summed E-state index contributed by atoms with van der Waals surface area (Å²) in [4.78, 5) is 0. The maximum absolute atomic E-state index is 6.21. The van der Waals surface area contributed by atoms with Gasteiger partial charge in [-0.25, -0.2) is 4.52 Å². The van der Waals surface area contributed by atoms with E-state index in [1.807, 2.05) is 48.2 Å². The lowest BCUT2D eigenvalue weighted by atomic mass is 10.1. The number of nitrogens with zero attached hydrogens (tertiary/aromatic N) is 4. The zero-order chi connectivity index (χ0) is 11.8. The largest absolute Gasteiger partial charge is 0.319 e. The fraction of sp³-hybridized carbons (Fsp3) is 0.167. The Morgan fingerprint density at radius 2 is 2.12 bits per heavy atom. The zero-order valence-electron chi connectivity index (χ0n) is 9.49. The SMILES string of the molecule is Cn1ccc(C(N)c2cnn3ccccc23)n1. The molecule has 17 heavy (non-hydrogen) atoms. The molecule has 0 saturated carbocycles. The minimum Gasteiger partial charge on any atom is -0.319 e. The fourth-order valence-corrected chi connectivity index (χ4v) is 1.95. The van der Waals surface area contributed by atoms with Crippen LogP contribution in [0.2, 0.25) is 0 Å². The van der Waals surface area contributed by atoms with Gasteiger partial charge >= 0.3 is 0 Å². The first-order valence-corrected chi connectivity index (χ1v) is 5.43. The van der Waals surface area contributed by atoms with Gasteiger partial charge in [-0.2, -0.15) is 10.2 Å². The second-order valence-electron chi connectivity index (χ2n) is 4.02. The lowest BCUT2D eigenvalue weighted by molar-refractivity contribution is 0.717. The van der Waals surface area contributed by atoms with Crippen molar-refractivity contribution in [2.75, 3.05) is 0 Å². The number of fused-ring (bicyclic) bond motifs is 1. The predicted molar refractivity (Wildman–Crippen MR) is 64.4 cm³/mol. The smallest absolute Gasteiger partial charge is 0.0838 e. The minimum absolute atomic E-state index is 0.240. The molecular weight excluding hydrogens is 214 g/mol. The van der Waals surface area contributed by atoms with Gasteiger partial charge < -0.3 is 5.73 Å². The topological polar surface area (TPSA) is 61.1 Å².